The van der Waals surface area contributed by atoms with Crippen molar-refractivity contribution in [2.75, 3.05) is 6.54 Å². The molecule has 0 radical (unpaired) electrons. The van der Waals surface area contributed by atoms with Crippen molar-refractivity contribution in [2.24, 2.45) is 11.8 Å². The number of hydrogen-bond donors (Lipinski definition) is 0. The molecule has 5 heteroatoms. The molecule has 2 aromatic carbocycles. The Kier molecular flexibility index (Phi) is 7.49. The van der Waals surface area contributed by atoms with Crippen molar-refractivity contribution in [1.82, 2.24) is 14.5 Å². The van der Waals surface area contributed by atoms with Gasteiger partial charge in [-0.2, -0.15) is 0 Å². The number of rotatable bonds is 8. The Morgan fingerprint density at radius 3 is 2.28 bits per heavy atom. The lowest BCUT2D eigenvalue weighted by Crippen LogP contribution is -2.39. The minimum absolute atomic E-state index is 0.104. The van der Waals surface area contributed by atoms with Crippen molar-refractivity contribution in [1.29, 1.82) is 0 Å². The second kappa shape index (κ2) is 10.1. The van der Waals surface area contributed by atoms with Gasteiger partial charge in [-0.05, 0) is 55.9 Å². The number of hydrogen-bond acceptors (Lipinski definition) is 3. The summed E-state index contributed by atoms with van der Waals surface area (Å²) >= 11 is 0. The first-order chi connectivity index (χ1) is 15.2. The Hall–Kier alpha value is -2.95. The summed E-state index contributed by atoms with van der Waals surface area (Å²) < 4.78 is 1.70. The van der Waals surface area contributed by atoms with E-state index in [1.807, 2.05) is 67.3 Å². The van der Waals surface area contributed by atoms with Crippen LogP contribution in [0.1, 0.15) is 64.9 Å². The average molecular weight is 434 g/mol. The third kappa shape index (κ3) is 5.09. The highest BCUT2D eigenvalue weighted by molar-refractivity contribution is 5.79. The molecule has 0 aliphatic heterocycles. The first kappa shape index (κ1) is 23.7. The highest BCUT2D eigenvalue weighted by atomic mass is 16.2. The SMILES string of the molecule is Cc1ccccc1-n1c(C(C)N(CCC(C)C)C(=O)CC(C)C)nc2ccccc2c1=O. The summed E-state index contributed by atoms with van der Waals surface area (Å²) in [4.78, 5) is 33.8. The van der Waals surface area contributed by atoms with Gasteiger partial charge in [-0.3, -0.25) is 14.2 Å². The second-order valence-corrected chi connectivity index (χ2v) is 9.46. The highest BCUT2D eigenvalue weighted by Crippen LogP contribution is 2.26. The van der Waals surface area contributed by atoms with Gasteiger partial charge in [0.1, 0.15) is 5.82 Å². The zero-order chi connectivity index (χ0) is 23.4. The van der Waals surface area contributed by atoms with Gasteiger partial charge in [-0.25, -0.2) is 4.98 Å². The standard InChI is InChI=1S/C27H35N3O2/c1-18(2)15-16-29(25(31)17-19(3)4)21(6)26-28-23-13-9-8-12-22(23)27(32)30(26)24-14-10-7-11-20(24)5/h7-14,18-19,21H,15-17H2,1-6H3. The van der Waals surface area contributed by atoms with Gasteiger partial charge >= 0.3 is 0 Å². The van der Waals surface area contributed by atoms with E-state index in [9.17, 15) is 9.59 Å². The van der Waals surface area contributed by atoms with Gasteiger partial charge < -0.3 is 4.90 Å². The van der Waals surface area contributed by atoms with E-state index in [1.165, 1.54) is 0 Å². The number of benzene rings is 2. The maximum atomic E-state index is 13.7. The number of nitrogens with zero attached hydrogens (tertiary/aromatic N) is 3. The molecule has 3 rings (SSSR count). The fourth-order valence-corrected chi connectivity index (χ4v) is 4.01. The largest absolute Gasteiger partial charge is 0.333 e. The average Bonchev–Trinajstić information content (AvgIpc) is 2.73. The van der Waals surface area contributed by atoms with Gasteiger partial charge in [-0.1, -0.05) is 58.0 Å². The molecule has 0 saturated heterocycles. The number of carbonyl (C=O) groups is 1. The Balaban J connectivity index is 2.22. The van der Waals surface area contributed by atoms with Gasteiger partial charge in [-0.15, -0.1) is 0 Å². The number of amides is 1. The summed E-state index contributed by atoms with van der Waals surface area (Å²) in [5.74, 6) is 1.44. The third-order valence-electron chi connectivity index (χ3n) is 5.85. The van der Waals surface area contributed by atoms with Crippen molar-refractivity contribution in [3.05, 3.63) is 70.3 Å². The normalized spacial score (nSPS) is 12.5. The second-order valence-electron chi connectivity index (χ2n) is 9.46. The van der Waals surface area contributed by atoms with Crippen LogP contribution >= 0.6 is 0 Å². The molecule has 1 heterocycles. The Morgan fingerprint density at radius 1 is 0.969 bits per heavy atom. The lowest BCUT2D eigenvalue weighted by molar-refractivity contribution is -0.134. The lowest BCUT2D eigenvalue weighted by Gasteiger charge is -2.32. The lowest BCUT2D eigenvalue weighted by atomic mass is 10.1. The van der Waals surface area contributed by atoms with Crippen molar-refractivity contribution in [3.63, 3.8) is 0 Å². The van der Waals surface area contributed by atoms with Crippen LogP contribution in [0.25, 0.3) is 16.6 Å². The summed E-state index contributed by atoms with van der Waals surface area (Å²) in [5.41, 5.74) is 2.34. The van der Waals surface area contributed by atoms with E-state index >= 15 is 0 Å². The molecule has 0 aliphatic rings. The summed E-state index contributed by atoms with van der Waals surface area (Å²) in [6.45, 7) is 13.1. The van der Waals surface area contributed by atoms with Crippen molar-refractivity contribution >= 4 is 16.8 Å². The van der Waals surface area contributed by atoms with Gasteiger partial charge in [0.2, 0.25) is 5.91 Å². The third-order valence-corrected chi connectivity index (χ3v) is 5.85. The minimum atomic E-state index is -0.336. The van der Waals surface area contributed by atoms with Crippen LogP contribution in [0.3, 0.4) is 0 Å². The fraction of sp³-hybridized carbons (Fsp3) is 0.444. The molecule has 0 aliphatic carbocycles. The molecule has 0 N–H and O–H groups in total. The molecule has 32 heavy (non-hydrogen) atoms. The molecule has 0 spiro atoms. The van der Waals surface area contributed by atoms with E-state index in [4.69, 9.17) is 4.98 Å². The predicted octanol–water partition coefficient (Wildman–Crippen LogP) is 5.68. The van der Waals surface area contributed by atoms with Crippen LogP contribution in [0, 0.1) is 18.8 Å². The van der Waals surface area contributed by atoms with Gasteiger partial charge in [0.15, 0.2) is 0 Å². The molecule has 1 atom stereocenters. The quantitative estimate of drug-likeness (QED) is 0.459. The van der Waals surface area contributed by atoms with E-state index in [2.05, 4.69) is 27.7 Å². The van der Waals surface area contributed by atoms with Crippen molar-refractivity contribution < 1.29 is 4.79 Å². The molecule has 0 bridgehead atoms. The molecular formula is C27H35N3O2. The Morgan fingerprint density at radius 2 is 1.62 bits per heavy atom. The molecule has 0 saturated carbocycles. The van der Waals surface area contributed by atoms with Crippen LogP contribution in [0.15, 0.2) is 53.3 Å². The van der Waals surface area contributed by atoms with E-state index in [1.54, 1.807) is 4.57 Å². The van der Waals surface area contributed by atoms with Crippen molar-refractivity contribution in [2.45, 2.75) is 60.4 Å². The number of fused-ring (bicyclic) bond motifs is 1. The molecule has 5 nitrogen and oxygen atoms in total. The van der Waals surface area contributed by atoms with Gasteiger partial charge in [0, 0.05) is 13.0 Å². The minimum Gasteiger partial charge on any atom is -0.333 e. The van der Waals surface area contributed by atoms with Crippen LogP contribution in [0.2, 0.25) is 0 Å². The van der Waals surface area contributed by atoms with E-state index in [0.717, 1.165) is 17.7 Å². The summed E-state index contributed by atoms with van der Waals surface area (Å²) in [6.07, 6.45) is 1.38. The van der Waals surface area contributed by atoms with Gasteiger partial charge in [0.25, 0.3) is 5.56 Å². The van der Waals surface area contributed by atoms with E-state index < -0.39 is 0 Å². The van der Waals surface area contributed by atoms with Crippen LogP contribution in [-0.4, -0.2) is 26.9 Å². The van der Waals surface area contributed by atoms with E-state index in [0.29, 0.717) is 35.6 Å². The summed E-state index contributed by atoms with van der Waals surface area (Å²) in [6, 6.07) is 14.9. The van der Waals surface area contributed by atoms with Crippen LogP contribution in [-0.2, 0) is 4.79 Å². The molecule has 0 fully saturated rings. The summed E-state index contributed by atoms with van der Waals surface area (Å²) in [7, 11) is 0. The van der Waals surface area contributed by atoms with Crippen LogP contribution in [0.5, 0.6) is 0 Å². The molecular weight excluding hydrogens is 398 g/mol. The predicted molar refractivity (Wildman–Crippen MR) is 131 cm³/mol. The topological polar surface area (TPSA) is 55.2 Å². The Bertz CT molecular complexity index is 1150. The number of aromatic nitrogens is 2. The van der Waals surface area contributed by atoms with Crippen LogP contribution < -0.4 is 5.56 Å². The molecule has 170 valence electrons. The first-order valence-corrected chi connectivity index (χ1v) is 11.6. The fourth-order valence-electron chi connectivity index (χ4n) is 4.01. The first-order valence-electron chi connectivity index (χ1n) is 11.6. The highest BCUT2D eigenvalue weighted by Gasteiger charge is 2.27. The van der Waals surface area contributed by atoms with Gasteiger partial charge in [0.05, 0.1) is 22.6 Å². The zero-order valence-corrected chi connectivity index (χ0v) is 20.1. The zero-order valence-electron chi connectivity index (χ0n) is 20.1. The summed E-state index contributed by atoms with van der Waals surface area (Å²) in [5, 5.41) is 0.578. The van der Waals surface area contributed by atoms with Crippen molar-refractivity contribution in [3.8, 4) is 5.69 Å². The maximum absolute atomic E-state index is 13.7. The maximum Gasteiger partial charge on any atom is 0.266 e. The number of carbonyl (C=O) groups excluding carboxylic acids is 1. The monoisotopic (exact) mass is 433 g/mol. The molecule has 1 aromatic heterocycles. The molecule has 1 amide bonds. The van der Waals surface area contributed by atoms with E-state index in [-0.39, 0.29) is 23.4 Å². The molecule has 1 unspecified atom stereocenters. The Labute approximate surface area is 191 Å². The number of para-hydroxylation sites is 2. The molecule has 3 aromatic rings. The smallest absolute Gasteiger partial charge is 0.266 e. The van der Waals surface area contributed by atoms with Crippen LogP contribution in [0.4, 0.5) is 0 Å². The number of aryl methyl sites for hydroxylation is 1.